The highest BCUT2D eigenvalue weighted by Crippen LogP contribution is 2.28. The average molecular weight is 280 g/mol. The number of benzene rings is 2. The van der Waals surface area contributed by atoms with Gasteiger partial charge in [0.05, 0.1) is 0 Å². The van der Waals surface area contributed by atoms with Gasteiger partial charge in [-0.2, -0.15) is 0 Å². The summed E-state index contributed by atoms with van der Waals surface area (Å²) in [5, 5.41) is 0. The molecule has 1 amide bonds. The number of nitrogens with two attached hydrogens (primary N) is 1. The van der Waals surface area contributed by atoms with Crippen LogP contribution in [0.5, 0.6) is 0 Å². The van der Waals surface area contributed by atoms with Crippen molar-refractivity contribution in [2.24, 2.45) is 5.73 Å². The predicted molar refractivity (Wildman–Crippen MR) is 85.6 cm³/mol. The Kier molecular flexibility index (Phi) is 4.02. The fraction of sp³-hybridized carbons (Fsp3) is 0.278. The van der Waals surface area contributed by atoms with Crippen LogP contribution >= 0.6 is 0 Å². The van der Waals surface area contributed by atoms with E-state index in [4.69, 9.17) is 5.73 Å². The minimum Gasteiger partial charge on any atom is -0.330 e. The van der Waals surface area contributed by atoms with Gasteiger partial charge in [0.25, 0.3) is 5.91 Å². The number of fused-ring (bicyclic) bond motifs is 1. The van der Waals surface area contributed by atoms with Crippen LogP contribution in [0.1, 0.15) is 27.9 Å². The molecule has 2 aromatic rings. The molecule has 0 bridgehead atoms. The number of hydrogen-bond donors (Lipinski definition) is 1. The van der Waals surface area contributed by atoms with E-state index in [0.29, 0.717) is 6.54 Å². The smallest absolute Gasteiger partial charge is 0.258 e. The van der Waals surface area contributed by atoms with Gasteiger partial charge in [-0.1, -0.05) is 30.3 Å². The Morgan fingerprint density at radius 2 is 2.00 bits per heavy atom. The number of hydrogen-bond acceptors (Lipinski definition) is 2. The van der Waals surface area contributed by atoms with Crippen molar-refractivity contribution in [1.29, 1.82) is 0 Å². The van der Waals surface area contributed by atoms with E-state index < -0.39 is 0 Å². The lowest BCUT2D eigenvalue weighted by Gasteiger charge is -2.29. The van der Waals surface area contributed by atoms with Crippen molar-refractivity contribution >= 4 is 11.6 Å². The Morgan fingerprint density at radius 3 is 2.86 bits per heavy atom. The van der Waals surface area contributed by atoms with Crippen LogP contribution in [0.3, 0.4) is 0 Å². The first kappa shape index (κ1) is 13.8. The van der Waals surface area contributed by atoms with Crippen LogP contribution in [0.15, 0.2) is 48.5 Å². The second-order valence-electron chi connectivity index (χ2n) is 5.43. The van der Waals surface area contributed by atoms with Gasteiger partial charge in [-0.15, -0.1) is 0 Å². The molecule has 1 heterocycles. The van der Waals surface area contributed by atoms with E-state index in [2.05, 4.69) is 6.07 Å². The van der Waals surface area contributed by atoms with Crippen molar-refractivity contribution in [1.82, 2.24) is 0 Å². The molecule has 0 radical (unpaired) electrons. The minimum absolute atomic E-state index is 0.0843. The van der Waals surface area contributed by atoms with E-state index in [1.54, 1.807) is 0 Å². The van der Waals surface area contributed by atoms with Crippen LogP contribution < -0.4 is 10.6 Å². The van der Waals surface area contributed by atoms with Gasteiger partial charge in [-0.25, -0.2) is 0 Å². The number of rotatable bonds is 3. The van der Waals surface area contributed by atoms with Gasteiger partial charge in [0.2, 0.25) is 0 Å². The molecule has 0 unspecified atom stereocenters. The van der Waals surface area contributed by atoms with Gasteiger partial charge < -0.3 is 10.6 Å². The maximum absolute atomic E-state index is 12.8. The summed E-state index contributed by atoms with van der Waals surface area (Å²) in [6.07, 6.45) is 2.87. The largest absolute Gasteiger partial charge is 0.330 e. The molecule has 2 N–H and O–H groups in total. The minimum atomic E-state index is 0.0843. The lowest BCUT2D eigenvalue weighted by atomic mass is 10.00. The monoisotopic (exact) mass is 280 g/mol. The quantitative estimate of drug-likeness (QED) is 0.939. The van der Waals surface area contributed by atoms with Gasteiger partial charge in [-0.3, -0.25) is 4.79 Å². The number of carbonyl (C=O) groups is 1. The summed E-state index contributed by atoms with van der Waals surface area (Å²) in [5.41, 5.74) is 9.78. The summed E-state index contributed by atoms with van der Waals surface area (Å²) in [6, 6.07) is 16.0. The zero-order valence-corrected chi connectivity index (χ0v) is 12.1. The first-order chi connectivity index (χ1) is 10.3. The number of aryl methyl sites for hydroxylation is 1. The molecular weight excluding hydrogens is 260 g/mol. The highest BCUT2D eigenvalue weighted by Gasteiger charge is 2.23. The Balaban J connectivity index is 1.91. The maximum Gasteiger partial charge on any atom is 0.258 e. The Hall–Kier alpha value is -2.13. The third-order valence-corrected chi connectivity index (χ3v) is 3.96. The Bertz CT molecular complexity index is 651. The second-order valence-corrected chi connectivity index (χ2v) is 5.43. The summed E-state index contributed by atoms with van der Waals surface area (Å²) in [6.45, 7) is 1.39. The van der Waals surface area contributed by atoms with Crippen molar-refractivity contribution < 1.29 is 4.79 Å². The van der Waals surface area contributed by atoms with E-state index in [0.717, 1.165) is 42.6 Å². The number of carbonyl (C=O) groups excluding carboxylic acids is 1. The summed E-state index contributed by atoms with van der Waals surface area (Å²) in [4.78, 5) is 14.7. The van der Waals surface area contributed by atoms with Gasteiger partial charge in [-0.05, 0) is 55.1 Å². The molecule has 108 valence electrons. The maximum atomic E-state index is 12.8. The van der Waals surface area contributed by atoms with Gasteiger partial charge in [0.1, 0.15) is 0 Å². The summed E-state index contributed by atoms with van der Waals surface area (Å²) in [7, 11) is 0. The highest BCUT2D eigenvalue weighted by atomic mass is 16.2. The predicted octanol–water partition coefficient (Wildman–Crippen LogP) is 2.78. The SMILES string of the molecule is NCCc1cccc(C(=O)N2CCCc3ccccc32)c1. The Labute approximate surface area is 125 Å². The van der Waals surface area contributed by atoms with E-state index >= 15 is 0 Å². The molecule has 1 aliphatic rings. The van der Waals surface area contributed by atoms with Crippen LogP contribution in [0, 0.1) is 0 Å². The van der Waals surface area contributed by atoms with E-state index in [9.17, 15) is 4.79 Å². The standard InChI is InChI=1S/C18H20N2O/c19-11-10-14-5-3-7-16(13-14)18(21)20-12-4-8-15-6-1-2-9-17(15)20/h1-3,5-7,9,13H,4,8,10-12,19H2. The molecule has 0 aliphatic carbocycles. The lowest BCUT2D eigenvalue weighted by molar-refractivity contribution is 0.0985. The molecule has 0 saturated carbocycles. The van der Waals surface area contributed by atoms with Crippen molar-refractivity contribution in [2.75, 3.05) is 18.0 Å². The number of amides is 1. The van der Waals surface area contributed by atoms with E-state index in [1.165, 1.54) is 5.56 Å². The molecule has 1 aliphatic heterocycles. The molecule has 0 aromatic heterocycles. The van der Waals surface area contributed by atoms with Gasteiger partial charge in [0.15, 0.2) is 0 Å². The molecule has 3 heteroatoms. The number of anilines is 1. The van der Waals surface area contributed by atoms with Gasteiger partial charge in [0, 0.05) is 17.8 Å². The molecule has 3 nitrogen and oxygen atoms in total. The summed E-state index contributed by atoms with van der Waals surface area (Å²) in [5.74, 6) is 0.0843. The molecule has 0 spiro atoms. The third kappa shape index (κ3) is 2.83. The second kappa shape index (κ2) is 6.10. The molecule has 21 heavy (non-hydrogen) atoms. The Morgan fingerprint density at radius 1 is 1.14 bits per heavy atom. The lowest BCUT2D eigenvalue weighted by Crippen LogP contribution is -2.35. The molecule has 0 saturated heterocycles. The van der Waals surface area contributed by atoms with Crippen molar-refractivity contribution in [3.63, 3.8) is 0 Å². The topological polar surface area (TPSA) is 46.3 Å². The van der Waals surface area contributed by atoms with Crippen LogP contribution in [0.4, 0.5) is 5.69 Å². The van der Waals surface area contributed by atoms with Crippen LogP contribution in [-0.4, -0.2) is 19.0 Å². The fourth-order valence-electron chi connectivity index (χ4n) is 2.93. The van der Waals surface area contributed by atoms with E-state index in [-0.39, 0.29) is 5.91 Å². The van der Waals surface area contributed by atoms with Crippen molar-refractivity contribution in [2.45, 2.75) is 19.3 Å². The zero-order valence-electron chi connectivity index (χ0n) is 12.1. The van der Waals surface area contributed by atoms with Crippen LogP contribution in [0.2, 0.25) is 0 Å². The number of nitrogens with zero attached hydrogens (tertiary/aromatic N) is 1. The van der Waals surface area contributed by atoms with Crippen molar-refractivity contribution in [3.8, 4) is 0 Å². The summed E-state index contributed by atoms with van der Waals surface area (Å²) < 4.78 is 0. The fourth-order valence-corrected chi connectivity index (χ4v) is 2.93. The average Bonchev–Trinajstić information content (AvgIpc) is 2.54. The zero-order chi connectivity index (χ0) is 14.7. The summed E-state index contributed by atoms with van der Waals surface area (Å²) >= 11 is 0. The first-order valence-electron chi connectivity index (χ1n) is 7.48. The molecular formula is C18H20N2O. The third-order valence-electron chi connectivity index (χ3n) is 3.96. The van der Waals surface area contributed by atoms with Gasteiger partial charge >= 0.3 is 0 Å². The highest BCUT2D eigenvalue weighted by molar-refractivity contribution is 6.06. The molecule has 0 fully saturated rings. The first-order valence-corrected chi connectivity index (χ1v) is 7.48. The molecule has 0 atom stereocenters. The molecule has 2 aromatic carbocycles. The van der Waals surface area contributed by atoms with E-state index in [1.807, 2.05) is 47.4 Å². The van der Waals surface area contributed by atoms with Crippen molar-refractivity contribution in [3.05, 3.63) is 65.2 Å². The number of para-hydroxylation sites is 1. The van der Waals surface area contributed by atoms with Crippen LogP contribution in [-0.2, 0) is 12.8 Å². The normalized spacial score (nSPS) is 13.9. The van der Waals surface area contributed by atoms with Crippen LogP contribution in [0.25, 0.3) is 0 Å². The molecule has 3 rings (SSSR count).